The van der Waals surface area contributed by atoms with E-state index in [0.29, 0.717) is 61.1 Å². The molecule has 2 aromatic rings. The van der Waals surface area contributed by atoms with Crippen molar-refractivity contribution < 1.29 is 41.8 Å². The van der Waals surface area contributed by atoms with E-state index in [1.165, 1.54) is 11.3 Å². The molecule has 1 aromatic heterocycles. The third kappa shape index (κ3) is 8.45. The molecule has 1 unspecified atom stereocenters. The van der Waals surface area contributed by atoms with Crippen molar-refractivity contribution in [2.45, 2.75) is 126 Å². The average Bonchev–Trinajstić information content (AvgIpc) is 4.14. The normalized spacial score (nSPS) is 34.4. The van der Waals surface area contributed by atoms with Crippen molar-refractivity contribution >= 4 is 44.6 Å². The largest absolute Gasteiger partial charge is 0.491 e. The van der Waals surface area contributed by atoms with Crippen molar-refractivity contribution in [2.24, 2.45) is 29.6 Å². The number of rotatable bonds is 10. The van der Waals surface area contributed by atoms with Crippen LogP contribution in [0.15, 0.2) is 42.6 Å². The van der Waals surface area contributed by atoms with Gasteiger partial charge in [0.2, 0.25) is 27.7 Å². The number of allylic oxidation sites excluding steroid dienone is 1. The summed E-state index contributed by atoms with van der Waals surface area (Å²) in [5.74, 6) is -0.252. The summed E-state index contributed by atoms with van der Waals surface area (Å²) in [6.45, 7) is 6.58. The highest BCUT2D eigenvalue weighted by atomic mass is 32.2. The molecule has 3 heterocycles. The van der Waals surface area contributed by atoms with Gasteiger partial charge in [0.05, 0.1) is 24.6 Å². The molecule has 0 bridgehead atoms. The molecule has 1 saturated heterocycles. The molecule has 5 fully saturated rings. The van der Waals surface area contributed by atoms with Gasteiger partial charge in [-0.25, -0.2) is 18.2 Å². The first-order chi connectivity index (χ1) is 27.3. The number of carbonyl (C=O) groups excluding carboxylic acids is 4. The Morgan fingerprint density at radius 1 is 1.00 bits per heavy atom. The van der Waals surface area contributed by atoms with Crippen LogP contribution in [0.2, 0.25) is 0 Å². The van der Waals surface area contributed by atoms with E-state index < -0.39 is 68.7 Å². The maximum atomic E-state index is 14.9. The molecular weight excluding hydrogens is 751 g/mol. The number of ether oxygens (including phenoxy) is 3. The topological polar surface area (TPSA) is 182 Å². The Bertz CT molecular complexity index is 2030. The summed E-state index contributed by atoms with van der Waals surface area (Å²) in [5, 5.41) is 6.73. The lowest BCUT2D eigenvalue weighted by Crippen LogP contribution is -2.59. The Kier molecular flexibility index (Phi) is 10.9. The summed E-state index contributed by atoms with van der Waals surface area (Å²) in [6, 6.07) is 5.46. The van der Waals surface area contributed by atoms with Crippen LogP contribution in [0.1, 0.15) is 91.4 Å². The highest BCUT2D eigenvalue weighted by molar-refractivity contribution is 7.91. The molecule has 0 radical (unpaired) electrons. The molecule has 4 saturated carbocycles. The average molecular weight is 806 g/mol. The maximum Gasteiger partial charge on any atom is 0.408 e. The quantitative estimate of drug-likeness (QED) is 0.283. The Balaban J connectivity index is 1.10. The Morgan fingerprint density at radius 3 is 2.49 bits per heavy atom. The van der Waals surface area contributed by atoms with E-state index in [1.54, 1.807) is 6.20 Å². The minimum atomic E-state index is -3.90. The lowest BCUT2D eigenvalue weighted by Gasteiger charge is -2.33. The fraction of sp³-hybridized carbons (Fsp3) is 0.643. The van der Waals surface area contributed by atoms with Gasteiger partial charge in [-0.05, 0) is 93.9 Å². The number of pyridine rings is 1. The van der Waals surface area contributed by atoms with Gasteiger partial charge < -0.3 is 29.7 Å². The number of alkyl carbamates (subject to hydrolysis) is 1. The van der Waals surface area contributed by atoms with E-state index in [9.17, 15) is 27.6 Å². The van der Waals surface area contributed by atoms with Gasteiger partial charge in [-0.2, -0.15) is 0 Å². The molecule has 4 aliphatic carbocycles. The molecule has 2 aliphatic heterocycles. The lowest BCUT2D eigenvalue weighted by atomic mass is 9.88. The van der Waals surface area contributed by atoms with Crippen LogP contribution in [-0.4, -0.2) is 90.3 Å². The molecule has 4 amide bonds. The number of aromatic nitrogens is 1. The van der Waals surface area contributed by atoms with Gasteiger partial charge >= 0.3 is 6.09 Å². The maximum absolute atomic E-state index is 14.9. The minimum absolute atomic E-state index is 0.00108. The zero-order valence-corrected chi connectivity index (χ0v) is 33.8. The molecule has 3 N–H and O–H groups in total. The number of benzene rings is 1. The van der Waals surface area contributed by atoms with E-state index in [0.717, 1.165) is 31.1 Å². The second kappa shape index (κ2) is 15.7. The van der Waals surface area contributed by atoms with Crippen molar-refractivity contribution in [3.63, 3.8) is 0 Å². The van der Waals surface area contributed by atoms with Crippen LogP contribution in [-0.2, 0) is 29.1 Å². The Labute approximate surface area is 334 Å². The molecule has 0 spiro atoms. The SMILES string of the molecule is CCCOc1cnc(O[C@@H]2C[C@H]3C(=O)N[C@]4(C(=O)NS(=O)(=O)C5CC5)C[C@H]4/C=C\CC[C@H](C)C[C@@H](C)[C@H](NC(=O)OC4C[C@@H]5C[C@@H]5C4)C(=O)N3C2)c2ccccc12. The summed E-state index contributed by atoms with van der Waals surface area (Å²) in [6.07, 6.45) is 11.0. The van der Waals surface area contributed by atoms with Crippen molar-refractivity contribution in [2.75, 3.05) is 13.2 Å². The molecule has 6 aliphatic rings. The zero-order valence-electron chi connectivity index (χ0n) is 33.0. The highest BCUT2D eigenvalue weighted by Gasteiger charge is 2.62. The first-order valence-electron chi connectivity index (χ1n) is 20.8. The molecule has 14 nitrogen and oxygen atoms in total. The summed E-state index contributed by atoms with van der Waals surface area (Å²) >= 11 is 0. The Morgan fingerprint density at radius 2 is 1.75 bits per heavy atom. The monoisotopic (exact) mass is 805 g/mol. The first-order valence-corrected chi connectivity index (χ1v) is 22.4. The minimum Gasteiger partial charge on any atom is -0.491 e. The van der Waals surface area contributed by atoms with Crippen molar-refractivity contribution in [1.29, 1.82) is 0 Å². The lowest BCUT2D eigenvalue weighted by molar-refractivity contribution is -0.142. The molecule has 1 aromatic carbocycles. The number of nitrogens with zero attached hydrogens (tertiary/aromatic N) is 2. The summed E-state index contributed by atoms with van der Waals surface area (Å²) in [7, 11) is -3.90. The molecule has 57 heavy (non-hydrogen) atoms. The van der Waals surface area contributed by atoms with E-state index in [-0.39, 0.29) is 37.3 Å². The molecule has 308 valence electrons. The number of sulfonamides is 1. The van der Waals surface area contributed by atoms with E-state index >= 15 is 0 Å². The number of nitrogens with one attached hydrogen (secondary N) is 3. The number of hydrogen-bond donors (Lipinski definition) is 3. The fourth-order valence-corrected chi connectivity index (χ4v) is 10.6. The molecule has 15 heteroatoms. The predicted octanol–water partition coefficient (Wildman–Crippen LogP) is 4.76. The van der Waals surface area contributed by atoms with Crippen LogP contribution in [0.25, 0.3) is 10.8 Å². The van der Waals surface area contributed by atoms with Crippen molar-refractivity contribution in [3.05, 3.63) is 42.6 Å². The second-order valence-corrected chi connectivity index (χ2v) is 19.4. The number of carbonyl (C=O) groups is 4. The third-order valence-electron chi connectivity index (χ3n) is 12.8. The molecule has 8 rings (SSSR count). The second-order valence-electron chi connectivity index (χ2n) is 17.5. The number of hydrogen-bond acceptors (Lipinski definition) is 10. The van der Waals surface area contributed by atoms with Crippen LogP contribution in [0.5, 0.6) is 11.6 Å². The zero-order chi connectivity index (χ0) is 40.1. The van der Waals surface area contributed by atoms with Crippen molar-refractivity contribution in [3.8, 4) is 11.6 Å². The summed E-state index contributed by atoms with van der Waals surface area (Å²) in [4.78, 5) is 62.8. The van der Waals surface area contributed by atoms with E-state index in [2.05, 4.69) is 27.3 Å². The number of amides is 4. The van der Waals surface area contributed by atoms with Gasteiger partial charge in [0.25, 0.3) is 5.91 Å². The van der Waals surface area contributed by atoms with E-state index in [1.807, 2.05) is 50.3 Å². The highest BCUT2D eigenvalue weighted by Crippen LogP contribution is 2.52. The Hall–Kier alpha value is -4.40. The summed E-state index contributed by atoms with van der Waals surface area (Å²) < 4.78 is 46.4. The van der Waals surface area contributed by atoms with Gasteiger partial charge in [-0.15, -0.1) is 0 Å². The standard InChI is InChI=1S/C42H55N5O9S/c1-4-15-54-35-22-43-38(33-12-8-7-11-32(33)35)55-30-20-34-37(48)45-42(40(50)46-57(52,53)31-13-14-31)21-28(42)10-6-5-9-24(2)16-25(3)36(39(49)47(34)23-30)44-41(51)56-29-18-26-17-27(26)19-29/h6-8,10-12,22,24-31,34,36H,4-5,9,13-21,23H2,1-3H3,(H,44,51)(H,45,48)(H,46,50)/b10-6-/t24-,25+,26-,27+,28+,29?,30+,34-,36-,42+/m0/s1. The van der Waals surface area contributed by atoms with Crippen molar-refractivity contribution in [1.82, 2.24) is 25.2 Å². The summed E-state index contributed by atoms with van der Waals surface area (Å²) in [5.41, 5.74) is -1.50. The van der Waals surface area contributed by atoms with E-state index in [4.69, 9.17) is 14.2 Å². The number of fused-ring (bicyclic) bond motifs is 4. The van der Waals surface area contributed by atoms with Gasteiger partial charge in [0.1, 0.15) is 35.6 Å². The van der Waals surface area contributed by atoms with Gasteiger partial charge in [0, 0.05) is 23.1 Å². The van der Waals surface area contributed by atoms with Crippen LogP contribution < -0.4 is 24.8 Å². The van der Waals surface area contributed by atoms with Gasteiger partial charge in [0.15, 0.2) is 0 Å². The smallest absolute Gasteiger partial charge is 0.408 e. The van der Waals surface area contributed by atoms with Gasteiger partial charge in [-0.1, -0.05) is 51.1 Å². The first kappa shape index (κ1) is 39.4. The van der Waals surface area contributed by atoms with Gasteiger partial charge in [-0.3, -0.25) is 19.1 Å². The molecular formula is C42H55N5O9S. The van der Waals surface area contributed by atoms with Crippen LogP contribution in [0.4, 0.5) is 4.79 Å². The van der Waals surface area contributed by atoms with Crippen LogP contribution in [0.3, 0.4) is 0 Å². The van der Waals surface area contributed by atoms with Crippen LogP contribution in [0, 0.1) is 29.6 Å². The van der Waals surface area contributed by atoms with Crippen LogP contribution >= 0.6 is 0 Å². The fourth-order valence-electron chi connectivity index (χ4n) is 9.29. The molecule has 10 atom stereocenters. The third-order valence-corrected chi connectivity index (χ3v) is 14.6. The predicted molar refractivity (Wildman–Crippen MR) is 210 cm³/mol.